The van der Waals surface area contributed by atoms with Crippen LogP contribution >= 0.6 is 15.9 Å². The van der Waals surface area contributed by atoms with Crippen LogP contribution in [0.5, 0.6) is 5.75 Å². The highest BCUT2D eigenvalue weighted by Crippen LogP contribution is 2.27. The van der Waals surface area contributed by atoms with E-state index in [4.69, 9.17) is 10.5 Å². The Morgan fingerprint density at radius 2 is 2.08 bits per heavy atom. The second kappa shape index (κ2) is 3.81. The molecule has 0 spiro atoms. The maximum absolute atomic E-state index is 5.57. The Morgan fingerprint density at radius 1 is 1.42 bits per heavy atom. The van der Waals surface area contributed by atoms with Crippen LogP contribution in [0, 0.1) is 0 Å². The van der Waals surface area contributed by atoms with Crippen molar-refractivity contribution in [3.05, 3.63) is 22.7 Å². The summed E-state index contributed by atoms with van der Waals surface area (Å²) >= 11 is 3.37. The molecule has 0 aromatic heterocycles. The number of halogens is 1. The Bertz CT molecular complexity index is 273. The van der Waals surface area contributed by atoms with E-state index in [2.05, 4.69) is 15.9 Å². The van der Waals surface area contributed by atoms with Crippen molar-refractivity contribution in [1.29, 1.82) is 0 Å². The molecule has 0 radical (unpaired) electrons. The van der Waals surface area contributed by atoms with Gasteiger partial charge in [0.2, 0.25) is 0 Å². The lowest BCUT2D eigenvalue weighted by molar-refractivity contribution is 0.241. The van der Waals surface area contributed by atoms with Crippen molar-refractivity contribution in [2.45, 2.75) is 20.0 Å². The molecular weight excluding hydrogens is 218 g/mol. The second-order valence-corrected chi connectivity index (χ2v) is 3.71. The van der Waals surface area contributed by atoms with E-state index in [1.165, 1.54) is 0 Å². The molecule has 1 aromatic carbocycles. The third-order valence-electron chi connectivity index (χ3n) is 1.32. The molecule has 0 unspecified atom stereocenters. The zero-order valence-electron chi connectivity index (χ0n) is 7.17. The molecule has 3 heteroatoms. The van der Waals surface area contributed by atoms with Gasteiger partial charge in [-0.3, -0.25) is 0 Å². The van der Waals surface area contributed by atoms with E-state index in [9.17, 15) is 0 Å². The number of ether oxygens (including phenoxy) is 1. The number of hydrogen-bond acceptors (Lipinski definition) is 2. The first-order chi connectivity index (χ1) is 5.59. The van der Waals surface area contributed by atoms with Crippen molar-refractivity contribution in [2.24, 2.45) is 0 Å². The summed E-state index contributed by atoms with van der Waals surface area (Å²) in [6.45, 7) is 3.98. The van der Waals surface area contributed by atoms with Crippen LogP contribution in [0.3, 0.4) is 0 Å². The Morgan fingerprint density at radius 3 is 2.58 bits per heavy atom. The van der Waals surface area contributed by atoms with Crippen molar-refractivity contribution in [3.63, 3.8) is 0 Å². The van der Waals surface area contributed by atoms with Gasteiger partial charge in [-0.05, 0) is 48.0 Å². The van der Waals surface area contributed by atoms with Crippen LogP contribution in [0.2, 0.25) is 0 Å². The quantitative estimate of drug-likeness (QED) is 0.793. The van der Waals surface area contributed by atoms with Gasteiger partial charge in [0.15, 0.2) is 0 Å². The third kappa shape index (κ3) is 2.41. The number of rotatable bonds is 2. The van der Waals surface area contributed by atoms with E-state index >= 15 is 0 Å². The monoisotopic (exact) mass is 229 g/mol. The lowest BCUT2D eigenvalue weighted by Crippen LogP contribution is -2.05. The van der Waals surface area contributed by atoms with Gasteiger partial charge in [0, 0.05) is 5.69 Å². The molecule has 0 amide bonds. The standard InChI is InChI=1S/C9H12BrNO/c1-6(2)12-9-4-3-7(11)5-8(9)10/h3-6H,11H2,1-2H3. The molecule has 1 aromatic rings. The third-order valence-corrected chi connectivity index (χ3v) is 1.94. The molecule has 66 valence electrons. The maximum Gasteiger partial charge on any atom is 0.134 e. The molecule has 2 nitrogen and oxygen atoms in total. The molecule has 12 heavy (non-hydrogen) atoms. The molecule has 0 aliphatic rings. The van der Waals surface area contributed by atoms with Crippen LogP contribution in [0.4, 0.5) is 5.69 Å². The lowest BCUT2D eigenvalue weighted by Gasteiger charge is -2.11. The first-order valence-electron chi connectivity index (χ1n) is 3.81. The molecule has 0 heterocycles. The summed E-state index contributed by atoms with van der Waals surface area (Å²) in [5.74, 6) is 0.833. The van der Waals surface area contributed by atoms with Crippen molar-refractivity contribution in [3.8, 4) is 5.75 Å². The average Bonchev–Trinajstić information content (AvgIpc) is 1.94. The molecule has 0 aliphatic carbocycles. The highest BCUT2D eigenvalue weighted by atomic mass is 79.9. The second-order valence-electron chi connectivity index (χ2n) is 2.86. The fourth-order valence-corrected chi connectivity index (χ4v) is 1.36. The number of benzene rings is 1. The zero-order valence-corrected chi connectivity index (χ0v) is 8.76. The van der Waals surface area contributed by atoms with Crippen LogP contribution in [0.1, 0.15) is 13.8 Å². The van der Waals surface area contributed by atoms with Gasteiger partial charge < -0.3 is 10.5 Å². The zero-order chi connectivity index (χ0) is 9.14. The minimum atomic E-state index is 0.185. The fourth-order valence-electron chi connectivity index (χ4n) is 0.867. The van der Waals surface area contributed by atoms with Crippen molar-refractivity contribution >= 4 is 21.6 Å². The van der Waals surface area contributed by atoms with E-state index in [-0.39, 0.29) is 6.10 Å². The number of hydrogen-bond donors (Lipinski definition) is 1. The summed E-state index contributed by atoms with van der Waals surface area (Å²) < 4.78 is 6.40. The molecule has 1 rings (SSSR count). The van der Waals surface area contributed by atoms with Gasteiger partial charge in [0.1, 0.15) is 5.75 Å². The summed E-state index contributed by atoms with van der Waals surface area (Å²) in [6, 6.07) is 5.51. The van der Waals surface area contributed by atoms with E-state index < -0.39 is 0 Å². The van der Waals surface area contributed by atoms with Crippen LogP contribution in [-0.2, 0) is 0 Å². The molecule has 0 atom stereocenters. The maximum atomic E-state index is 5.57. The molecule has 0 bridgehead atoms. The van der Waals surface area contributed by atoms with Gasteiger partial charge in [0.05, 0.1) is 10.6 Å². The first-order valence-corrected chi connectivity index (χ1v) is 4.60. The predicted octanol–water partition coefficient (Wildman–Crippen LogP) is 2.82. The largest absolute Gasteiger partial charge is 0.490 e. The molecule has 2 N–H and O–H groups in total. The molecular formula is C9H12BrNO. The molecule has 0 aliphatic heterocycles. The minimum Gasteiger partial charge on any atom is -0.490 e. The van der Waals surface area contributed by atoms with Crippen molar-refractivity contribution in [1.82, 2.24) is 0 Å². The minimum absolute atomic E-state index is 0.185. The van der Waals surface area contributed by atoms with E-state index in [0.717, 1.165) is 15.9 Å². The smallest absolute Gasteiger partial charge is 0.134 e. The Labute approximate surface area is 80.8 Å². The van der Waals surface area contributed by atoms with E-state index in [1.807, 2.05) is 32.0 Å². The summed E-state index contributed by atoms with van der Waals surface area (Å²) in [6.07, 6.45) is 0.185. The number of nitrogens with two attached hydrogens (primary N) is 1. The highest BCUT2D eigenvalue weighted by Gasteiger charge is 2.02. The van der Waals surface area contributed by atoms with Gasteiger partial charge in [-0.15, -0.1) is 0 Å². The number of anilines is 1. The summed E-state index contributed by atoms with van der Waals surface area (Å²) in [5.41, 5.74) is 6.31. The van der Waals surface area contributed by atoms with Crippen LogP contribution in [-0.4, -0.2) is 6.10 Å². The molecule has 0 fully saturated rings. The lowest BCUT2D eigenvalue weighted by atomic mass is 10.3. The highest BCUT2D eigenvalue weighted by molar-refractivity contribution is 9.10. The summed E-state index contributed by atoms with van der Waals surface area (Å²) in [4.78, 5) is 0. The van der Waals surface area contributed by atoms with Crippen molar-refractivity contribution in [2.75, 3.05) is 5.73 Å². The Balaban J connectivity index is 2.86. The summed E-state index contributed by atoms with van der Waals surface area (Å²) in [5, 5.41) is 0. The predicted molar refractivity (Wildman–Crippen MR) is 54.3 cm³/mol. The topological polar surface area (TPSA) is 35.2 Å². The fraction of sp³-hybridized carbons (Fsp3) is 0.333. The van der Waals surface area contributed by atoms with Gasteiger partial charge in [-0.25, -0.2) is 0 Å². The Kier molecular flexibility index (Phi) is 2.98. The Hall–Kier alpha value is -0.700. The van der Waals surface area contributed by atoms with E-state index in [0.29, 0.717) is 0 Å². The molecule has 0 saturated carbocycles. The van der Waals surface area contributed by atoms with Crippen LogP contribution < -0.4 is 10.5 Å². The van der Waals surface area contributed by atoms with Crippen LogP contribution in [0.15, 0.2) is 22.7 Å². The van der Waals surface area contributed by atoms with Crippen LogP contribution in [0.25, 0.3) is 0 Å². The normalized spacial score (nSPS) is 10.3. The SMILES string of the molecule is CC(C)Oc1ccc(N)cc1Br. The van der Waals surface area contributed by atoms with Gasteiger partial charge in [-0.2, -0.15) is 0 Å². The first kappa shape index (κ1) is 9.39. The van der Waals surface area contributed by atoms with Gasteiger partial charge >= 0.3 is 0 Å². The van der Waals surface area contributed by atoms with E-state index in [1.54, 1.807) is 0 Å². The van der Waals surface area contributed by atoms with Gasteiger partial charge in [0.25, 0.3) is 0 Å². The number of nitrogen functional groups attached to an aromatic ring is 1. The van der Waals surface area contributed by atoms with Crippen molar-refractivity contribution < 1.29 is 4.74 Å². The summed E-state index contributed by atoms with van der Waals surface area (Å²) in [7, 11) is 0. The average molecular weight is 230 g/mol. The van der Waals surface area contributed by atoms with Gasteiger partial charge in [-0.1, -0.05) is 0 Å². The molecule has 0 saturated heterocycles.